The van der Waals surface area contributed by atoms with Gasteiger partial charge in [-0.05, 0) is 44.0 Å². The van der Waals surface area contributed by atoms with Crippen LogP contribution >= 0.6 is 0 Å². The summed E-state index contributed by atoms with van der Waals surface area (Å²) in [6, 6.07) is 5.62. The van der Waals surface area contributed by atoms with Crippen molar-refractivity contribution in [1.82, 2.24) is 24.3 Å². The molecule has 1 aromatic carbocycles. The number of nitrogens with zero attached hydrogens (tertiary/aromatic N) is 5. The molecule has 182 valence electrons. The van der Waals surface area contributed by atoms with E-state index in [4.69, 9.17) is 5.73 Å². The third kappa shape index (κ3) is 5.24. The maximum absolute atomic E-state index is 13.5. The number of carbonyl (C=O) groups is 1. The van der Waals surface area contributed by atoms with Gasteiger partial charge in [-0.25, -0.2) is 18.9 Å². The number of unbranched alkanes of at least 4 members (excludes halogenated alkanes) is 3. The zero-order chi connectivity index (χ0) is 24.8. The van der Waals surface area contributed by atoms with Crippen molar-refractivity contribution in [2.24, 2.45) is 0 Å². The number of aryl methyl sites for hydroxylation is 1. The topological polar surface area (TPSA) is 132 Å². The van der Waals surface area contributed by atoms with Crippen LogP contribution < -0.4 is 21.9 Å². The lowest BCUT2D eigenvalue weighted by atomic mass is 10.2. The number of nitrogens with one attached hydrogen (secondary N) is 1. The fourth-order valence-corrected chi connectivity index (χ4v) is 3.64. The number of hydrogen-bond donors (Lipinski definition) is 2. The lowest BCUT2D eigenvalue weighted by Crippen LogP contribution is -2.42. The Balaban J connectivity index is 2.06. The van der Waals surface area contributed by atoms with E-state index in [1.165, 1.54) is 38.4 Å². The van der Waals surface area contributed by atoms with Gasteiger partial charge in [0.05, 0.1) is 5.69 Å². The van der Waals surface area contributed by atoms with Crippen molar-refractivity contribution in [2.75, 3.05) is 17.2 Å². The molecule has 0 unspecified atom stereocenters. The van der Waals surface area contributed by atoms with Crippen LogP contribution in [-0.4, -0.2) is 36.8 Å². The minimum atomic E-state index is -0.741. The van der Waals surface area contributed by atoms with Gasteiger partial charge in [-0.1, -0.05) is 33.1 Å². The van der Waals surface area contributed by atoms with Gasteiger partial charge >= 0.3 is 5.69 Å². The van der Waals surface area contributed by atoms with Crippen LogP contribution in [0.5, 0.6) is 0 Å². The number of rotatable bonds is 10. The fraction of sp³-hybridized carbons (Fsp3) is 0.435. The van der Waals surface area contributed by atoms with Crippen LogP contribution in [-0.2, 0) is 6.54 Å². The molecule has 0 saturated carbocycles. The first-order valence-electron chi connectivity index (χ1n) is 11.4. The predicted octanol–water partition coefficient (Wildman–Crippen LogP) is 2.78. The van der Waals surface area contributed by atoms with Crippen LogP contribution in [0.3, 0.4) is 0 Å². The molecule has 2 aromatic heterocycles. The second kappa shape index (κ2) is 10.9. The number of nitrogen functional groups attached to an aromatic ring is 1. The number of nitrogens with two attached hydrogens (primary N) is 1. The van der Waals surface area contributed by atoms with Crippen molar-refractivity contribution >= 4 is 17.4 Å². The van der Waals surface area contributed by atoms with E-state index in [0.717, 1.165) is 19.3 Å². The van der Waals surface area contributed by atoms with Gasteiger partial charge in [-0.3, -0.25) is 24.0 Å². The number of H-pyrrole nitrogens is 1. The fourth-order valence-electron chi connectivity index (χ4n) is 3.64. The van der Waals surface area contributed by atoms with E-state index in [9.17, 15) is 18.8 Å². The molecule has 0 spiro atoms. The Morgan fingerprint density at radius 3 is 2.44 bits per heavy atom. The van der Waals surface area contributed by atoms with Crippen LogP contribution in [0.2, 0.25) is 0 Å². The molecule has 0 atom stereocenters. The molecule has 3 aromatic rings. The average Bonchev–Trinajstić information content (AvgIpc) is 3.19. The number of amides is 1. The summed E-state index contributed by atoms with van der Waals surface area (Å²) in [7, 11) is 0. The summed E-state index contributed by atoms with van der Waals surface area (Å²) in [5.74, 6) is -0.797. The number of benzene rings is 1. The van der Waals surface area contributed by atoms with Gasteiger partial charge in [0.1, 0.15) is 17.5 Å². The Hall–Kier alpha value is -3.76. The Morgan fingerprint density at radius 1 is 1.12 bits per heavy atom. The molecule has 0 fully saturated rings. The minimum absolute atomic E-state index is 0.0678. The molecule has 0 saturated heterocycles. The van der Waals surface area contributed by atoms with Gasteiger partial charge < -0.3 is 5.73 Å². The number of anilines is 2. The summed E-state index contributed by atoms with van der Waals surface area (Å²) in [6.07, 6.45) is 3.85. The highest BCUT2D eigenvalue weighted by molar-refractivity contribution is 6.04. The van der Waals surface area contributed by atoms with Crippen molar-refractivity contribution in [3.05, 3.63) is 62.6 Å². The Labute approximate surface area is 196 Å². The second-order valence-electron chi connectivity index (χ2n) is 8.03. The summed E-state index contributed by atoms with van der Waals surface area (Å²) in [5.41, 5.74) is 5.34. The first-order valence-corrected chi connectivity index (χ1v) is 11.4. The highest BCUT2D eigenvalue weighted by Gasteiger charge is 2.28. The van der Waals surface area contributed by atoms with Crippen LogP contribution in [0, 0.1) is 12.7 Å². The molecule has 10 nitrogen and oxygen atoms in total. The zero-order valence-corrected chi connectivity index (χ0v) is 19.7. The third-order valence-electron chi connectivity index (χ3n) is 5.48. The SMILES string of the molecule is CCCCCN(C(=O)c1nc(C)n(-c2ccc(F)cc2)n1)c1c(N)n(CCCC)c(=O)[nH]c1=O. The Morgan fingerprint density at radius 2 is 1.79 bits per heavy atom. The first-order chi connectivity index (χ1) is 16.3. The zero-order valence-electron chi connectivity index (χ0n) is 19.7. The largest absolute Gasteiger partial charge is 0.383 e. The van der Waals surface area contributed by atoms with E-state index in [-0.39, 0.29) is 23.9 Å². The standard InChI is InChI=1S/C23H30FN7O3/c1-4-6-8-14-29(18-19(25)30(13-7-5-2)23(34)27-21(18)32)22(33)20-26-15(3)31(28-20)17-11-9-16(24)10-12-17/h9-12H,4-8,13-14,25H2,1-3H3,(H,27,32,34). The lowest BCUT2D eigenvalue weighted by Gasteiger charge is -2.23. The third-order valence-corrected chi connectivity index (χ3v) is 5.48. The van der Waals surface area contributed by atoms with Gasteiger partial charge in [0.2, 0.25) is 5.82 Å². The maximum atomic E-state index is 13.5. The van der Waals surface area contributed by atoms with E-state index in [1.54, 1.807) is 6.92 Å². The minimum Gasteiger partial charge on any atom is -0.383 e. The molecule has 11 heteroatoms. The van der Waals surface area contributed by atoms with Gasteiger partial charge in [0.25, 0.3) is 11.5 Å². The first kappa shape index (κ1) is 24.9. The molecule has 2 heterocycles. The number of aromatic nitrogens is 5. The second-order valence-corrected chi connectivity index (χ2v) is 8.03. The number of aromatic amines is 1. The van der Waals surface area contributed by atoms with Crippen molar-refractivity contribution in [2.45, 2.75) is 59.4 Å². The number of hydrogen-bond acceptors (Lipinski definition) is 6. The van der Waals surface area contributed by atoms with E-state index in [1.807, 2.05) is 13.8 Å². The van der Waals surface area contributed by atoms with E-state index >= 15 is 0 Å². The number of carbonyl (C=O) groups excluding carboxylic acids is 1. The van der Waals surface area contributed by atoms with Crippen molar-refractivity contribution < 1.29 is 9.18 Å². The predicted molar refractivity (Wildman–Crippen MR) is 128 cm³/mol. The molecular weight excluding hydrogens is 441 g/mol. The van der Waals surface area contributed by atoms with Crippen LogP contribution in [0.25, 0.3) is 5.69 Å². The summed E-state index contributed by atoms with van der Waals surface area (Å²) in [4.78, 5) is 46.5. The Bertz CT molecular complexity index is 1260. The van der Waals surface area contributed by atoms with Crippen LogP contribution in [0.1, 0.15) is 62.4 Å². The molecule has 0 aliphatic carbocycles. The molecule has 0 aliphatic rings. The molecule has 0 bridgehead atoms. The molecule has 34 heavy (non-hydrogen) atoms. The van der Waals surface area contributed by atoms with Gasteiger partial charge in [0.15, 0.2) is 5.69 Å². The van der Waals surface area contributed by atoms with E-state index < -0.39 is 23.0 Å². The maximum Gasteiger partial charge on any atom is 0.330 e. The van der Waals surface area contributed by atoms with Gasteiger partial charge in [-0.15, -0.1) is 5.10 Å². The molecule has 1 amide bonds. The molecular formula is C23H30FN7O3. The Kier molecular flexibility index (Phi) is 7.98. The molecule has 3 rings (SSSR count). The van der Waals surface area contributed by atoms with Gasteiger partial charge in [-0.2, -0.15) is 0 Å². The summed E-state index contributed by atoms with van der Waals surface area (Å²) in [6.45, 7) is 6.18. The lowest BCUT2D eigenvalue weighted by molar-refractivity contribution is 0.0976. The summed E-state index contributed by atoms with van der Waals surface area (Å²) >= 11 is 0. The molecule has 0 aliphatic heterocycles. The number of halogens is 1. The van der Waals surface area contributed by atoms with Crippen molar-refractivity contribution in [1.29, 1.82) is 0 Å². The smallest absolute Gasteiger partial charge is 0.330 e. The highest BCUT2D eigenvalue weighted by Crippen LogP contribution is 2.21. The van der Waals surface area contributed by atoms with Crippen LogP contribution in [0.15, 0.2) is 33.9 Å². The van der Waals surface area contributed by atoms with Crippen molar-refractivity contribution in [3.63, 3.8) is 0 Å². The molecule has 0 radical (unpaired) electrons. The monoisotopic (exact) mass is 471 g/mol. The molecule has 3 N–H and O–H groups in total. The van der Waals surface area contributed by atoms with E-state index in [0.29, 0.717) is 30.9 Å². The summed E-state index contributed by atoms with van der Waals surface area (Å²) < 4.78 is 16.0. The van der Waals surface area contributed by atoms with Crippen molar-refractivity contribution in [3.8, 4) is 5.69 Å². The van der Waals surface area contributed by atoms with E-state index in [2.05, 4.69) is 15.1 Å². The van der Waals surface area contributed by atoms with Crippen LogP contribution in [0.4, 0.5) is 15.9 Å². The summed E-state index contributed by atoms with van der Waals surface area (Å²) in [5, 5.41) is 4.30. The average molecular weight is 472 g/mol. The highest BCUT2D eigenvalue weighted by atomic mass is 19.1. The van der Waals surface area contributed by atoms with Gasteiger partial charge in [0, 0.05) is 13.1 Å². The normalized spacial score (nSPS) is 11.1. The quantitative estimate of drug-likeness (QED) is 0.437.